The van der Waals surface area contributed by atoms with Gasteiger partial charge in [-0.25, -0.2) is 0 Å². The Bertz CT molecular complexity index is 582. The van der Waals surface area contributed by atoms with Crippen LogP contribution < -0.4 is 10.6 Å². The molecule has 2 heterocycles. The first-order chi connectivity index (χ1) is 13.8. The van der Waals surface area contributed by atoms with Crippen molar-refractivity contribution >= 4 is 5.96 Å². The van der Waals surface area contributed by atoms with Gasteiger partial charge in [-0.15, -0.1) is 0 Å². The summed E-state index contributed by atoms with van der Waals surface area (Å²) in [6, 6.07) is 11.4. The number of benzene rings is 1. The van der Waals surface area contributed by atoms with Gasteiger partial charge in [0.2, 0.25) is 0 Å². The molecule has 1 unspecified atom stereocenters. The molecule has 0 bridgehead atoms. The minimum Gasteiger partial charge on any atom is -0.355 e. The van der Waals surface area contributed by atoms with Gasteiger partial charge >= 0.3 is 0 Å². The van der Waals surface area contributed by atoms with E-state index < -0.39 is 0 Å². The van der Waals surface area contributed by atoms with Crippen LogP contribution in [0.1, 0.15) is 25.3 Å². The van der Waals surface area contributed by atoms with E-state index in [0.717, 1.165) is 32.1 Å². The summed E-state index contributed by atoms with van der Waals surface area (Å²) in [5, 5.41) is 7.05. The van der Waals surface area contributed by atoms with E-state index in [4.69, 9.17) is 0 Å². The van der Waals surface area contributed by atoms with Crippen LogP contribution in [0.2, 0.25) is 0 Å². The van der Waals surface area contributed by atoms with Crippen molar-refractivity contribution < 1.29 is 0 Å². The molecule has 0 amide bonds. The second-order valence-corrected chi connectivity index (χ2v) is 7.91. The Morgan fingerprint density at radius 2 is 1.79 bits per heavy atom. The van der Waals surface area contributed by atoms with E-state index in [-0.39, 0.29) is 0 Å². The minimum atomic E-state index is 0.584. The molecular formula is C22H38N6. The summed E-state index contributed by atoms with van der Waals surface area (Å²) in [6.45, 7) is 13.4. The average molecular weight is 387 g/mol. The molecular weight excluding hydrogens is 348 g/mol. The lowest BCUT2D eigenvalue weighted by molar-refractivity contribution is 0.139. The summed E-state index contributed by atoms with van der Waals surface area (Å²) in [5.74, 6) is 0.929. The first-order valence-corrected chi connectivity index (χ1v) is 11.0. The molecule has 2 aliphatic rings. The lowest BCUT2D eigenvalue weighted by Crippen LogP contribution is -2.50. The third-order valence-corrected chi connectivity index (χ3v) is 6.09. The molecule has 2 N–H and O–H groups in total. The number of rotatable bonds is 8. The van der Waals surface area contributed by atoms with E-state index in [9.17, 15) is 0 Å². The van der Waals surface area contributed by atoms with Crippen LogP contribution in [0.4, 0.5) is 0 Å². The second kappa shape index (κ2) is 11.4. The first-order valence-electron chi connectivity index (χ1n) is 11.0. The van der Waals surface area contributed by atoms with Crippen molar-refractivity contribution in [2.45, 2.75) is 32.4 Å². The maximum atomic E-state index is 4.42. The van der Waals surface area contributed by atoms with Crippen LogP contribution in [0, 0.1) is 0 Å². The van der Waals surface area contributed by atoms with Crippen LogP contribution in [0.3, 0.4) is 0 Å². The van der Waals surface area contributed by atoms with E-state index >= 15 is 0 Å². The number of likely N-dealkylation sites (N-methyl/N-ethyl adjacent to an activating group) is 1. The largest absolute Gasteiger partial charge is 0.355 e. The average Bonchev–Trinajstić information content (AvgIpc) is 3.18. The molecule has 6 heteroatoms. The molecule has 0 saturated carbocycles. The molecule has 1 atom stereocenters. The molecule has 1 aromatic carbocycles. The zero-order valence-corrected chi connectivity index (χ0v) is 17.7. The quantitative estimate of drug-likeness (QED) is 0.523. The normalized spacial score (nSPS) is 22.5. The highest BCUT2D eigenvalue weighted by Gasteiger charge is 2.24. The second-order valence-electron chi connectivity index (χ2n) is 7.91. The maximum absolute atomic E-state index is 4.42. The molecule has 2 aliphatic heterocycles. The summed E-state index contributed by atoms with van der Waals surface area (Å²) >= 11 is 0. The van der Waals surface area contributed by atoms with Gasteiger partial charge in [-0.1, -0.05) is 37.3 Å². The van der Waals surface area contributed by atoms with Gasteiger partial charge < -0.3 is 15.5 Å². The molecule has 0 radical (unpaired) electrons. The molecule has 3 rings (SSSR count). The summed E-state index contributed by atoms with van der Waals surface area (Å²) < 4.78 is 0. The molecule has 2 fully saturated rings. The summed E-state index contributed by atoms with van der Waals surface area (Å²) in [5.41, 5.74) is 1.40. The lowest BCUT2D eigenvalue weighted by atomic mass is 10.2. The molecule has 0 aromatic heterocycles. The maximum Gasteiger partial charge on any atom is 0.191 e. The van der Waals surface area contributed by atoms with E-state index in [1.165, 1.54) is 57.7 Å². The molecule has 0 aliphatic carbocycles. The molecule has 0 spiro atoms. The topological polar surface area (TPSA) is 46.1 Å². The minimum absolute atomic E-state index is 0.584. The molecule has 28 heavy (non-hydrogen) atoms. The first kappa shape index (κ1) is 21.1. The highest BCUT2D eigenvalue weighted by molar-refractivity contribution is 5.79. The van der Waals surface area contributed by atoms with Crippen molar-refractivity contribution in [1.29, 1.82) is 0 Å². The van der Waals surface area contributed by atoms with Gasteiger partial charge in [0.05, 0.1) is 0 Å². The van der Waals surface area contributed by atoms with Gasteiger partial charge in [-0.3, -0.25) is 14.8 Å². The smallest absolute Gasteiger partial charge is 0.191 e. The Labute approximate surface area is 171 Å². The lowest BCUT2D eigenvalue weighted by Gasteiger charge is -2.34. The van der Waals surface area contributed by atoms with Gasteiger partial charge in [-0.2, -0.15) is 0 Å². The molecule has 2 saturated heterocycles. The van der Waals surface area contributed by atoms with Gasteiger partial charge in [0.1, 0.15) is 0 Å². The number of guanidine groups is 1. The summed E-state index contributed by atoms with van der Waals surface area (Å²) in [7, 11) is 1.87. The van der Waals surface area contributed by atoms with Gasteiger partial charge in [-0.05, 0) is 31.5 Å². The van der Waals surface area contributed by atoms with Crippen LogP contribution >= 0.6 is 0 Å². The molecule has 156 valence electrons. The number of nitrogens with one attached hydrogen (secondary N) is 2. The number of hydrogen-bond donors (Lipinski definition) is 2. The zero-order chi connectivity index (χ0) is 19.6. The van der Waals surface area contributed by atoms with Gasteiger partial charge in [0.25, 0.3) is 0 Å². The summed E-state index contributed by atoms with van der Waals surface area (Å²) in [4.78, 5) is 12.1. The van der Waals surface area contributed by atoms with Crippen molar-refractivity contribution in [2.75, 3.05) is 66.0 Å². The third-order valence-electron chi connectivity index (χ3n) is 6.09. The van der Waals surface area contributed by atoms with Crippen LogP contribution in [-0.2, 0) is 6.54 Å². The van der Waals surface area contributed by atoms with Crippen molar-refractivity contribution in [1.82, 2.24) is 25.3 Å². The highest BCUT2D eigenvalue weighted by atomic mass is 15.3. The van der Waals surface area contributed by atoms with E-state index in [1.54, 1.807) is 0 Å². The van der Waals surface area contributed by atoms with Crippen molar-refractivity contribution in [3.8, 4) is 0 Å². The SMILES string of the molecule is CCN1CCN(CCNC(=NC)NCC2CCCN2Cc2ccccc2)CC1. The van der Waals surface area contributed by atoms with Crippen LogP contribution in [0.5, 0.6) is 0 Å². The summed E-state index contributed by atoms with van der Waals surface area (Å²) in [6.07, 6.45) is 2.55. The number of piperazine rings is 1. The Kier molecular flexibility index (Phi) is 8.58. The fourth-order valence-corrected chi connectivity index (χ4v) is 4.25. The highest BCUT2D eigenvalue weighted by Crippen LogP contribution is 2.19. The van der Waals surface area contributed by atoms with E-state index in [0.29, 0.717) is 6.04 Å². The van der Waals surface area contributed by atoms with E-state index in [2.05, 4.69) is 67.6 Å². The fourth-order valence-electron chi connectivity index (χ4n) is 4.25. The van der Waals surface area contributed by atoms with Crippen LogP contribution in [0.15, 0.2) is 35.3 Å². The zero-order valence-electron chi connectivity index (χ0n) is 17.7. The number of aliphatic imine (C=N–C) groups is 1. The van der Waals surface area contributed by atoms with Crippen molar-refractivity contribution in [3.63, 3.8) is 0 Å². The van der Waals surface area contributed by atoms with Gasteiger partial charge in [0.15, 0.2) is 5.96 Å². The number of nitrogens with zero attached hydrogens (tertiary/aromatic N) is 4. The van der Waals surface area contributed by atoms with Crippen molar-refractivity contribution in [2.24, 2.45) is 4.99 Å². The van der Waals surface area contributed by atoms with Gasteiger partial charge in [0, 0.05) is 65.4 Å². The van der Waals surface area contributed by atoms with Crippen LogP contribution in [0.25, 0.3) is 0 Å². The Balaban J connectivity index is 1.35. The van der Waals surface area contributed by atoms with Crippen molar-refractivity contribution in [3.05, 3.63) is 35.9 Å². The molecule has 6 nitrogen and oxygen atoms in total. The predicted octanol–water partition coefficient (Wildman–Crippen LogP) is 1.45. The Morgan fingerprint density at radius 3 is 2.50 bits per heavy atom. The number of likely N-dealkylation sites (tertiary alicyclic amines) is 1. The monoisotopic (exact) mass is 386 g/mol. The molecule has 1 aromatic rings. The Morgan fingerprint density at radius 1 is 1.04 bits per heavy atom. The fraction of sp³-hybridized carbons (Fsp3) is 0.682. The Hall–Kier alpha value is -1.63. The predicted molar refractivity (Wildman–Crippen MR) is 118 cm³/mol. The standard InChI is InChI=1S/C22H38N6/c1-3-26-14-16-27(17-15-26)13-11-24-22(23-2)25-18-21-10-7-12-28(21)19-20-8-5-4-6-9-20/h4-6,8-9,21H,3,7,10-19H2,1-2H3,(H2,23,24,25). The third kappa shape index (κ3) is 6.47. The number of hydrogen-bond acceptors (Lipinski definition) is 4. The van der Waals surface area contributed by atoms with Crippen LogP contribution in [-0.4, -0.2) is 92.7 Å². The van der Waals surface area contributed by atoms with E-state index in [1.807, 2.05) is 7.05 Å².